The largest absolute Gasteiger partial charge is 0.256 e. The molecule has 0 fully saturated rings. The van der Waals surface area contributed by atoms with E-state index in [1.54, 1.807) is 5.82 Å². The van der Waals surface area contributed by atoms with E-state index in [0.717, 1.165) is 6.54 Å². The van der Waals surface area contributed by atoms with Gasteiger partial charge in [-0.2, -0.15) is 0 Å². The Morgan fingerprint density at radius 2 is 1.43 bits per heavy atom. The van der Waals surface area contributed by atoms with Crippen molar-refractivity contribution in [2.24, 2.45) is 0 Å². The highest BCUT2D eigenvalue weighted by Gasteiger charge is 2.14. The van der Waals surface area contributed by atoms with Crippen molar-refractivity contribution in [1.82, 2.24) is 4.57 Å². The van der Waals surface area contributed by atoms with Crippen molar-refractivity contribution in [3.05, 3.63) is 18.2 Å². The first-order valence-corrected chi connectivity index (χ1v) is 9.40. The van der Waals surface area contributed by atoms with E-state index in [1.165, 1.54) is 77.2 Å². The Labute approximate surface area is 132 Å². The quantitative estimate of drug-likeness (QED) is 0.346. The van der Waals surface area contributed by atoms with Crippen LogP contribution in [0.1, 0.15) is 90.8 Å². The van der Waals surface area contributed by atoms with Gasteiger partial charge in [-0.05, 0) is 26.2 Å². The Bertz CT molecular complexity index is 354. The van der Waals surface area contributed by atoms with Gasteiger partial charge >= 0.3 is 0 Å². The van der Waals surface area contributed by atoms with Crippen LogP contribution in [0.25, 0.3) is 0 Å². The second-order valence-electron chi connectivity index (χ2n) is 6.27. The van der Waals surface area contributed by atoms with Gasteiger partial charge < -0.3 is 0 Å². The van der Waals surface area contributed by atoms with Gasteiger partial charge in [0, 0.05) is 6.42 Å². The third-order valence-corrected chi connectivity index (χ3v) is 4.44. The Hall–Kier alpha value is -0.790. The Morgan fingerprint density at radius 1 is 0.810 bits per heavy atom. The van der Waals surface area contributed by atoms with Gasteiger partial charge in [0.25, 0.3) is 5.82 Å². The molecule has 21 heavy (non-hydrogen) atoms. The number of aromatic nitrogens is 2. The molecule has 0 saturated heterocycles. The molecule has 0 saturated carbocycles. The molecule has 1 aromatic rings. The summed E-state index contributed by atoms with van der Waals surface area (Å²) in [6, 6.07) is 0. The van der Waals surface area contributed by atoms with Crippen LogP contribution in [0.15, 0.2) is 12.4 Å². The second-order valence-corrected chi connectivity index (χ2v) is 6.27. The average molecular weight is 294 g/mol. The molecule has 122 valence electrons. The Morgan fingerprint density at radius 3 is 2.10 bits per heavy atom. The average Bonchev–Trinajstić information content (AvgIpc) is 2.89. The summed E-state index contributed by atoms with van der Waals surface area (Å²) >= 11 is 0. The minimum atomic E-state index is 1.10. The molecular formula is C19H37N2+. The number of hydrogen-bond acceptors (Lipinski definition) is 0. The van der Waals surface area contributed by atoms with E-state index in [4.69, 9.17) is 0 Å². The molecule has 0 aliphatic rings. The van der Waals surface area contributed by atoms with Crippen molar-refractivity contribution < 1.29 is 4.57 Å². The first-order chi connectivity index (χ1) is 10.3. The van der Waals surface area contributed by atoms with Crippen LogP contribution in [0.3, 0.4) is 0 Å². The SMILES string of the molecule is CCCCCCCCc1n(CC)cc[n+]1CCCCCC. The summed E-state index contributed by atoms with van der Waals surface area (Å²) < 4.78 is 4.94. The van der Waals surface area contributed by atoms with Crippen LogP contribution in [0, 0.1) is 0 Å². The molecule has 2 heteroatoms. The van der Waals surface area contributed by atoms with Crippen LogP contribution in [0.5, 0.6) is 0 Å². The summed E-state index contributed by atoms with van der Waals surface area (Å²) in [4.78, 5) is 0. The van der Waals surface area contributed by atoms with Crippen molar-refractivity contribution in [2.75, 3.05) is 0 Å². The normalized spacial score (nSPS) is 11.2. The summed E-state index contributed by atoms with van der Waals surface area (Å²) in [5, 5.41) is 0. The van der Waals surface area contributed by atoms with Gasteiger partial charge in [-0.3, -0.25) is 0 Å². The fraction of sp³-hybridized carbons (Fsp3) is 0.842. The molecule has 0 unspecified atom stereocenters. The highest BCUT2D eigenvalue weighted by atomic mass is 15.1. The lowest BCUT2D eigenvalue weighted by atomic mass is 10.1. The van der Waals surface area contributed by atoms with Crippen molar-refractivity contribution in [3.63, 3.8) is 0 Å². The second kappa shape index (κ2) is 11.8. The zero-order valence-electron chi connectivity index (χ0n) is 14.7. The number of nitrogens with zero attached hydrogens (tertiary/aromatic N) is 2. The van der Waals surface area contributed by atoms with Crippen molar-refractivity contribution in [3.8, 4) is 0 Å². The van der Waals surface area contributed by atoms with E-state index in [2.05, 4.69) is 42.3 Å². The zero-order valence-corrected chi connectivity index (χ0v) is 14.7. The summed E-state index contributed by atoms with van der Waals surface area (Å²) in [6.07, 6.45) is 19.5. The topological polar surface area (TPSA) is 8.81 Å². The third-order valence-electron chi connectivity index (χ3n) is 4.44. The predicted molar refractivity (Wildman–Crippen MR) is 91.5 cm³/mol. The standard InChI is InChI=1S/C19H37N2/c1-4-7-9-11-12-13-15-19-20(6-3)17-18-21(19)16-14-10-8-5-2/h17-18H,4-16H2,1-3H3/q+1. The monoisotopic (exact) mass is 293 g/mol. The molecule has 0 N–H and O–H groups in total. The summed E-state index contributed by atoms with van der Waals surface area (Å²) in [5.74, 6) is 1.55. The molecule has 0 amide bonds. The minimum Gasteiger partial charge on any atom is -0.235 e. The fourth-order valence-corrected chi connectivity index (χ4v) is 3.05. The van der Waals surface area contributed by atoms with Crippen molar-refractivity contribution in [2.45, 2.75) is 104 Å². The lowest BCUT2D eigenvalue weighted by molar-refractivity contribution is -0.704. The molecule has 0 aromatic carbocycles. The summed E-state index contributed by atoms with van der Waals surface area (Å²) in [6.45, 7) is 9.14. The number of aryl methyl sites for hydroxylation is 2. The molecular weight excluding hydrogens is 256 g/mol. The molecule has 1 rings (SSSR count). The highest BCUT2D eigenvalue weighted by molar-refractivity contribution is 4.83. The fourth-order valence-electron chi connectivity index (χ4n) is 3.05. The van der Waals surface area contributed by atoms with Gasteiger partial charge in [0.05, 0.1) is 13.1 Å². The van der Waals surface area contributed by atoms with E-state index < -0.39 is 0 Å². The predicted octanol–water partition coefficient (Wildman–Crippen LogP) is 5.28. The van der Waals surface area contributed by atoms with E-state index >= 15 is 0 Å². The minimum absolute atomic E-state index is 1.10. The van der Waals surface area contributed by atoms with Crippen LogP contribution in [-0.4, -0.2) is 4.57 Å². The summed E-state index contributed by atoms with van der Waals surface area (Å²) in [5.41, 5.74) is 0. The van der Waals surface area contributed by atoms with Crippen LogP contribution in [0.4, 0.5) is 0 Å². The molecule has 0 bridgehead atoms. The van der Waals surface area contributed by atoms with Crippen LogP contribution < -0.4 is 4.57 Å². The smallest absolute Gasteiger partial charge is 0.235 e. The first-order valence-electron chi connectivity index (χ1n) is 9.40. The number of rotatable bonds is 13. The zero-order chi connectivity index (χ0) is 15.3. The molecule has 1 heterocycles. The van der Waals surface area contributed by atoms with Crippen molar-refractivity contribution in [1.29, 1.82) is 0 Å². The molecule has 0 atom stereocenters. The lowest BCUT2D eigenvalue weighted by Gasteiger charge is -2.05. The van der Waals surface area contributed by atoms with Gasteiger partial charge in [-0.25, -0.2) is 9.13 Å². The molecule has 0 aliphatic carbocycles. The maximum atomic E-state index is 2.51. The molecule has 1 aromatic heterocycles. The Balaban J connectivity index is 2.37. The Kier molecular flexibility index (Phi) is 10.3. The maximum absolute atomic E-state index is 2.51. The molecule has 0 radical (unpaired) electrons. The number of unbranched alkanes of at least 4 members (excludes halogenated alkanes) is 8. The van der Waals surface area contributed by atoms with Gasteiger partial charge in [-0.1, -0.05) is 58.8 Å². The lowest BCUT2D eigenvalue weighted by Crippen LogP contribution is -2.37. The maximum Gasteiger partial charge on any atom is 0.256 e. The van der Waals surface area contributed by atoms with E-state index in [1.807, 2.05) is 0 Å². The number of hydrogen-bond donors (Lipinski definition) is 0. The van der Waals surface area contributed by atoms with E-state index in [-0.39, 0.29) is 0 Å². The van der Waals surface area contributed by atoms with Crippen LogP contribution >= 0.6 is 0 Å². The van der Waals surface area contributed by atoms with Crippen LogP contribution in [-0.2, 0) is 19.5 Å². The highest BCUT2D eigenvalue weighted by Crippen LogP contribution is 2.09. The van der Waals surface area contributed by atoms with Gasteiger partial charge in [0.2, 0.25) is 0 Å². The molecule has 2 nitrogen and oxygen atoms in total. The third kappa shape index (κ3) is 7.15. The number of imidazole rings is 1. The van der Waals surface area contributed by atoms with Gasteiger partial charge in [0.15, 0.2) is 0 Å². The van der Waals surface area contributed by atoms with Crippen molar-refractivity contribution >= 4 is 0 Å². The first kappa shape index (κ1) is 18.3. The molecule has 0 aliphatic heterocycles. The molecule has 0 spiro atoms. The van der Waals surface area contributed by atoms with Gasteiger partial charge in [0.1, 0.15) is 12.4 Å². The van der Waals surface area contributed by atoms with E-state index in [9.17, 15) is 0 Å². The van der Waals surface area contributed by atoms with Gasteiger partial charge in [-0.15, -0.1) is 0 Å². The van der Waals surface area contributed by atoms with Crippen LogP contribution in [0.2, 0.25) is 0 Å². The van der Waals surface area contributed by atoms with E-state index in [0.29, 0.717) is 0 Å². The summed E-state index contributed by atoms with van der Waals surface area (Å²) in [7, 11) is 0.